The van der Waals surface area contributed by atoms with E-state index in [1.54, 1.807) is 6.92 Å². The third kappa shape index (κ3) is 3.81. The van der Waals surface area contributed by atoms with E-state index in [0.29, 0.717) is 4.43 Å². The van der Waals surface area contributed by atoms with Crippen molar-refractivity contribution in [3.05, 3.63) is 0 Å². The normalized spacial score (nSPS) is 12.3. The predicted molar refractivity (Wildman–Crippen MR) is 45.1 cm³/mol. The molecule has 4 heteroatoms. The summed E-state index contributed by atoms with van der Waals surface area (Å²) in [6.45, 7) is 2.86. The number of hydrogen-bond acceptors (Lipinski definition) is 3. The van der Waals surface area contributed by atoms with Crippen LogP contribution in [0.2, 0.25) is 0 Å². The van der Waals surface area contributed by atoms with Crippen LogP contribution in [-0.2, 0) is 14.3 Å². The molecular formula is C6H9IO3. The lowest BCUT2D eigenvalue weighted by molar-refractivity contribution is -0.150. The van der Waals surface area contributed by atoms with Crippen LogP contribution in [0, 0.1) is 0 Å². The third-order valence-corrected chi connectivity index (χ3v) is 1.68. The van der Waals surface area contributed by atoms with Crippen LogP contribution < -0.4 is 0 Å². The second kappa shape index (κ2) is 4.65. The molecule has 0 fully saturated rings. The third-order valence-electron chi connectivity index (χ3n) is 0.928. The van der Waals surface area contributed by atoms with E-state index in [1.165, 1.54) is 6.92 Å². The molecule has 0 aromatic rings. The van der Waals surface area contributed by atoms with Gasteiger partial charge in [0.25, 0.3) is 0 Å². The summed E-state index contributed by atoms with van der Waals surface area (Å²) in [6, 6.07) is 0. The van der Waals surface area contributed by atoms with Crippen LogP contribution in [0.5, 0.6) is 0 Å². The van der Waals surface area contributed by atoms with Gasteiger partial charge in [0.2, 0.25) is 0 Å². The van der Waals surface area contributed by atoms with Crippen molar-refractivity contribution in [3.8, 4) is 0 Å². The van der Waals surface area contributed by atoms with Crippen LogP contribution in [0.1, 0.15) is 13.8 Å². The van der Waals surface area contributed by atoms with E-state index in [2.05, 4.69) is 4.74 Å². The van der Waals surface area contributed by atoms with Gasteiger partial charge in [-0.1, -0.05) is 22.6 Å². The molecule has 0 spiro atoms. The molecule has 0 amide bonds. The molecule has 0 saturated heterocycles. The highest BCUT2D eigenvalue weighted by molar-refractivity contribution is 14.1. The van der Waals surface area contributed by atoms with Crippen molar-refractivity contribution < 1.29 is 14.3 Å². The van der Waals surface area contributed by atoms with Crippen LogP contribution >= 0.6 is 22.6 Å². The summed E-state index contributed by atoms with van der Waals surface area (Å²) >= 11 is 1.93. The highest BCUT2D eigenvalue weighted by atomic mass is 127. The molecule has 0 rings (SSSR count). The van der Waals surface area contributed by atoms with Crippen molar-refractivity contribution in [2.75, 3.05) is 4.43 Å². The van der Waals surface area contributed by atoms with Crippen LogP contribution in [0.3, 0.4) is 0 Å². The van der Waals surface area contributed by atoms with Crippen molar-refractivity contribution in [3.63, 3.8) is 0 Å². The number of alkyl halides is 1. The minimum absolute atomic E-state index is 0.0594. The van der Waals surface area contributed by atoms with E-state index in [-0.39, 0.29) is 5.78 Å². The molecule has 0 heterocycles. The predicted octanol–water partition coefficient (Wildman–Crippen LogP) is 0.942. The highest BCUT2D eigenvalue weighted by Crippen LogP contribution is 1.96. The molecule has 0 saturated carbocycles. The van der Waals surface area contributed by atoms with Crippen LogP contribution in [0.25, 0.3) is 0 Å². The zero-order valence-corrected chi connectivity index (χ0v) is 8.04. The maximum Gasteiger partial charge on any atom is 0.303 e. The van der Waals surface area contributed by atoms with Gasteiger partial charge in [0.15, 0.2) is 11.9 Å². The summed E-state index contributed by atoms with van der Waals surface area (Å²) in [4.78, 5) is 21.1. The number of Topliss-reactive ketones (excluding diaryl/α,β-unsaturated/α-hetero) is 1. The Labute approximate surface area is 73.3 Å². The molecule has 10 heavy (non-hydrogen) atoms. The van der Waals surface area contributed by atoms with Gasteiger partial charge in [-0.05, 0) is 6.92 Å². The van der Waals surface area contributed by atoms with Crippen molar-refractivity contribution in [2.24, 2.45) is 0 Å². The quantitative estimate of drug-likeness (QED) is 0.429. The summed E-state index contributed by atoms with van der Waals surface area (Å²) < 4.78 is 4.99. The lowest BCUT2D eigenvalue weighted by Gasteiger charge is -2.07. The SMILES string of the molecule is CC(=O)O[C@@H](C)C(=O)CI. The fourth-order valence-electron chi connectivity index (χ4n) is 0.423. The average molecular weight is 256 g/mol. The summed E-state index contributed by atoms with van der Waals surface area (Å²) in [5.41, 5.74) is 0. The monoisotopic (exact) mass is 256 g/mol. The summed E-state index contributed by atoms with van der Waals surface area (Å²) in [6.07, 6.45) is -0.589. The number of esters is 1. The Morgan fingerprint density at radius 1 is 1.60 bits per heavy atom. The molecule has 3 nitrogen and oxygen atoms in total. The summed E-state index contributed by atoms with van der Waals surface area (Å²) in [5, 5.41) is 0. The Morgan fingerprint density at radius 3 is 2.40 bits per heavy atom. The first-order chi connectivity index (χ1) is 4.57. The van der Waals surface area contributed by atoms with E-state index in [1.807, 2.05) is 22.6 Å². The van der Waals surface area contributed by atoms with E-state index in [9.17, 15) is 9.59 Å². The van der Waals surface area contributed by atoms with Gasteiger partial charge in [0.05, 0.1) is 4.43 Å². The lowest BCUT2D eigenvalue weighted by Crippen LogP contribution is -2.23. The molecule has 0 aliphatic heterocycles. The smallest absolute Gasteiger partial charge is 0.303 e. The second-order valence-electron chi connectivity index (χ2n) is 1.85. The van der Waals surface area contributed by atoms with Gasteiger partial charge >= 0.3 is 5.97 Å². The molecule has 1 atom stereocenters. The summed E-state index contributed by atoms with van der Waals surface area (Å²) in [7, 11) is 0. The van der Waals surface area contributed by atoms with Crippen molar-refractivity contribution in [2.45, 2.75) is 20.0 Å². The van der Waals surface area contributed by atoms with Crippen molar-refractivity contribution >= 4 is 34.3 Å². The standard InChI is InChI=1S/C6H9IO3/c1-4(6(9)3-7)10-5(2)8/h4H,3H2,1-2H3/t4-/m0/s1. The minimum atomic E-state index is -0.589. The first-order valence-electron chi connectivity index (χ1n) is 2.83. The fraction of sp³-hybridized carbons (Fsp3) is 0.667. The zero-order chi connectivity index (χ0) is 8.15. The Kier molecular flexibility index (Phi) is 4.59. The maximum atomic E-state index is 10.8. The first kappa shape index (κ1) is 9.87. The first-order valence-corrected chi connectivity index (χ1v) is 4.36. The van der Waals surface area contributed by atoms with Gasteiger partial charge in [-0.25, -0.2) is 0 Å². The van der Waals surface area contributed by atoms with Crippen LogP contribution in [0.4, 0.5) is 0 Å². The van der Waals surface area contributed by atoms with Gasteiger partial charge in [-0.3, -0.25) is 9.59 Å². The Bertz CT molecular complexity index is 144. The number of hydrogen-bond donors (Lipinski definition) is 0. The molecule has 0 bridgehead atoms. The number of rotatable bonds is 3. The number of ketones is 1. The van der Waals surface area contributed by atoms with E-state index < -0.39 is 12.1 Å². The Hall–Kier alpha value is -0.130. The lowest BCUT2D eigenvalue weighted by atomic mass is 10.3. The second-order valence-corrected chi connectivity index (χ2v) is 2.61. The molecular weight excluding hydrogens is 247 g/mol. The van der Waals surface area contributed by atoms with Crippen LogP contribution in [0.15, 0.2) is 0 Å². The molecule has 0 N–H and O–H groups in total. The minimum Gasteiger partial charge on any atom is -0.455 e. The highest BCUT2D eigenvalue weighted by Gasteiger charge is 2.12. The summed E-state index contributed by atoms with van der Waals surface area (Å²) in [5.74, 6) is -0.471. The van der Waals surface area contributed by atoms with Crippen LogP contribution in [-0.4, -0.2) is 22.3 Å². The average Bonchev–Trinajstić information content (AvgIpc) is 1.85. The molecule has 0 aromatic heterocycles. The number of carbonyl (C=O) groups excluding carboxylic acids is 2. The van der Waals surface area contributed by atoms with Gasteiger partial charge in [0.1, 0.15) is 0 Å². The van der Waals surface area contributed by atoms with Gasteiger partial charge in [-0.15, -0.1) is 0 Å². The van der Waals surface area contributed by atoms with Crippen molar-refractivity contribution in [1.82, 2.24) is 0 Å². The van der Waals surface area contributed by atoms with E-state index in [0.717, 1.165) is 0 Å². The molecule has 0 radical (unpaired) electrons. The largest absolute Gasteiger partial charge is 0.455 e. The molecule has 0 aromatic carbocycles. The molecule has 58 valence electrons. The van der Waals surface area contributed by atoms with Gasteiger partial charge in [-0.2, -0.15) is 0 Å². The topological polar surface area (TPSA) is 43.4 Å². The molecule has 0 aliphatic rings. The molecule has 0 aliphatic carbocycles. The molecule has 0 unspecified atom stereocenters. The number of carbonyl (C=O) groups is 2. The zero-order valence-electron chi connectivity index (χ0n) is 5.89. The Morgan fingerprint density at radius 2 is 2.10 bits per heavy atom. The fourth-order valence-corrected chi connectivity index (χ4v) is 1.04. The number of halogens is 1. The Balaban J connectivity index is 3.72. The van der Waals surface area contributed by atoms with E-state index in [4.69, 9.17) is 0 Å². The van der Waals surface area contributed by atoms with E-state index >= 15 is 0 Å². The van der Waals surface area contributed by atoms with Crippen molar-refractivity contribution in [1.29, 1.82) is 0 Å². The van der Waals surface area contributed by atoms with Gasteiger partial charge in [0, 0.05) is 6.92 Å². The van der Waals surface area contributed by atoms with Gasteiger partial charge < -0.3 is 4.74 Å². The number of ether oxygens (including phenoxy) is 1. The maximum absolute atomic E-state index is 10.8.